The molecule has 6 nitrogen and oxygen atoms in total. The molecular formula is C15H18N2O4. The van der Waals surface area contributed by atoms with Gasteiger partial charge in [-0.3, -0.25) is 0 Å². The lowest BCUT2D eigenvalue weighted by Crippen LogP contribution is -2.43. The van der Waals surface area contributed by atoms with Crippen molar-refractivity contribution in [2.45, 2.75) is 18.5 Å². The molecule has 3 N–H and O–H groups in total. The summed E-state index contributed by atoms with van der Waals surface area (Å²) >= 11 is 0. The van der Waals surface area contributed by atoms with Crippen LogP contribution in [0.2, 0.25) is 0 Å². The van der Waals surface area contributed by atoms with Crippen LogP contribution in [0.1, 0.15) is 6.42 Å². The van der Waals surface area contributed by atoms with Gasteiger partial charge in [-0.1, -0.05) is 18.2 Å². The van der Waals surface area contributed by atoms with Crippen molar-refractivity contribution in [2.75, 3.05) is 18.0 Å². The molecule has 0 spiro atoms. The van der Waals surface area contributed by atoms with Crippen LogP contribution < -0.4 is 10.2 Å². The van der Waals surface area contributed by atoms with Crippen LogP contribution in [0.3, 0.4) is 0 Å². The van der Waals surface area contributed by atoms with Gasteiger partial charge in [0.25, 0.3) is 0 Å². The third-order valence-electron chi connectivity index (χ3n) is 3.51. The van der Waals surface area contributed by atoms with E-state index in [2.05, 4.69) is 40.5 Å². The quantitative estimate of drug-likeness (QED) is 0.718. The Labute approximate surface area is 122 Å². The highest BCUT2D eigenvalue weighted by atomic mass is 16.4. The summed E-state index contributed by atoms with van der Waals surface area (Å²) in [7, 11) is 0. The van der Waals surface area contributed by atoms with Crippen LogP contribution in [0.25, 0.3) is 0 Å². The molecule has 2 heterocycles. The molecule has 2 atom stereocenters. The van der Waals surface area contributed by atoms with Crippen LogP contribution in [0, 0.1) is 0 Å². The molecule has 1 aromatic rings. The van der Waals surface area contributed by atoms with Crippen molar-refractivity contribution >= 4 is 17.6 Å². The van der Waals surface area contributed by atoms with E-state index in [1.807, 2.05) is 0 Å². The van der Waals surface area contributed by atoms with Crippen LogP contribution in [-0.4, -0.2) is 47.3 Å². The Hall–Kier alpha value is -2.34. The van der Waals surface area contributed by atoms with Gasteiger partial charge in [0.15, 0.2) is 0 Å². The van der Waals surface area contributed by atoms with E-state index in [4.69, 9.17) is 10.2 Å². The maximum absolute atomic E-state index is 9.55. The average molecular weight is 290 g/mol. The van der Waals surface area contributed by atoms with Crippen LogP contribution in [-0.2, 0) is 9.59 Å². The highest BCUT2D eigenvalue weighted by Crippen LogP contribution is 2.28. The van der Waals surface area contributed by atoms with E-state index in [1.165, 1.54) is 25.2 Å². The molecule has 3 rings (SSSR count). The summed E-state index contributed by atoms with van der Waals surface area (Å²) in [5.41, 5.74) is 1.39. The molecule has 2 saturated heterocycles. The Bertz CT molecular complexity index is 514. The van der Waals surface area contributed by atoms with E-state index in [0.717, 1.165) is 12.1 Å². The summed E-state index contributed by atoms with van der Waals surface area (Å²) in [5.74, 6) is -2.51. The predicted molar refractivity (Wildman–Crippen MR) is 78.4 cm³/mol. The Morgan fingerprint density at radius 1 is 1.14 bits per heavy atom. The van der Waals surface area contributed by atoms with Gasteiger partial charge < -0.3 is 20.4 Å². The average Bonchev–Trinajstić information content (AvgIpc) is 3.09. The molecule has 2 bridgehead atoms. The number of piperazine rings is 1. The Morgan fingerprint density at radius 2 is 1.76 bits per heavy atom. The van der Waals surface area contributed by atoms with E-state index in [9.17, 15) is 9.59 Å². The van der Waals surface area contributed by atoms with Crippen molar-refractivity contribution in [3.8, 4) is 0 Å². The smallest absolute Gasteiger partial charge is 0.328 e. The first kappa shape index (κ1) is 15.1. The van der Waals surface area contributed by atoms with E-state index in [0.29, 0.717) is 12.2 Å². The third-order valence-corrected chi connectivity index (χ3v) is 3.51. The fraction of sp³-hybridized carbons (Fsp3) is 0.333. The van der Waals surface area contributed by atoms with Gasteiger partial charge in [0.05, 0.1) is 0 Å². The van der Waals surface area contributed by atoms with Gasteiger partial charge >= 0.3 is 11.9 Å². The molecule has 21 heavy (non-hydrogen) atoms. The summed E-state index contributed by atoms with van der Waals surface area (Å²) < 4.78 is 0. The number of carboxylic acid groups (broad SMARTS) is 2. The second-order valence-corrected chi connectivity index (χ2v) is 4.99. The molecule has 1 aromatic carbocycles. The largest absolute Gasteiger partial charge is 0.478 e. The topological polar surface area (TPSA) is 89.9 Å². The van der Waals surface area contributed by atoms with E-state index >= 15 is 0 Å². The minimum Gasteiger partial charge on any atom is -0.478 e. The predicted octanol–water partition coefficient (Wildman–Crippen LogP) is 0.949. The number of rotatable bonds is 3. The summed E-state index contributed by atoms with van der Waals surface area (Å²) in [4.78, 5) is 21.6. The summed E-state index contributed by atoms with van der Waals surface area (Å²) in [5, 5.41) is 19.1. The molecular weight excluding hydrogens is 272 g/mol. The molecule has 112 valence electrons. The van der Waals surface area contributed by atoms with Crippen molar-refractivity contribution in [1.29, 1.82) is 0 Å². The first-order chi connectivity index (χ1) is 10.1. The maximum Gasteiger partial charge on any atom is 0.328 e. The first-order valence-electron chi connectivity index (χ1n) is 6.75. The minimum atomic E-state index is -1.26. The molecule has 2 fully saturated rings. The molecule has 0 radical (unpaired) electrons. The number of carbonyl (C=O) groups is 2. The SMILES string of the molecule is O=C(O)/C=C\C(=O)O.c1ccc(N2C[C@@H]3C[C@H]2CN3)cc1. The number of fused-ring (bicyclic) bond motifs is 2. The highest BCUT2D eigenvalue weighted by Gasteiger charge is 2.37. The Morgan fingerprint density at radius 3 is 2.19 bits per heavy atom. The van der Waals surface area contributed by atoms with Crippen molar-refractivity contribution in [3.05, 3.63) is 42.5 Å². The second kappa shape index (κ2) is 6.90. The zero-order valence-corrected chi connectivity index (χ0v) is 11.5. The van der Waals surface area contributed by atoms with Gasteiger partial charge in [-0.2, -0.15) is 0 Å². The van der Waals surface area contributed by atoms with Gasteiger partial charge in [-0.25, -0.2) is 9.59 Å². The van der Waals surface area contributed by atoms with E-state index < -0.39 is 11.9 Å². The zero-order chi connectivity index (χ0) is 15.2. The van der Waals surface area contributed by atoms with Crippen LogP contribution in [0.4, 0.5) is 5.69 Å². The van der Waals surface area contributed by atoms with Crippen LogP contribution >= 0.6 is 0 Å². The molecule has 0 aliphatic carbocycles. The number of anilines is 1. The molecule has 0 amide bonds. The summed E-state index contributed by atoms with van der Waals surface area (Å²) in [6.07, 6.45) is 2.44. The first-order valence-corrected chi connectivity index (χ1v) is 6.75. The normalized spacial score (nSPS) is 23.0. The van der Waals surface area contributed by atoms with E-state index in [-0.39, 0.29) is 0 Å². The van der Waals surface area contributed by atoms with Gasteiger partial charge in [0.1, 0.15) is 0 Å². The standard InChI is InChI=1S/C11H14N2.C4H4O4/c1-2-4-10(5-3-1)13-8-9-6-11(13)7-12-9;5-3(6)1-2-4(7)8/h1-5,9,11-12H,6-8H2;1-2H,(H,5,6)(H,7,8)/b;2-1-/t9-,11-;/m0./s1. The number of hydrogen-bond donors (Lipinski definition) is 3. The second-order valence-electron chi connectivity index (χ2n) is 4.99. The van der Waals surface area contributed by atoms with Crippen molar-refractivity contribution < 1.29 is 19.8 Å². The van der Waals surface area contributed by atoms with Gasteiger partial charge in [0.2, 0.25) is 0 Å². The fourth-order valence-corrected chi connectivity index (χ4v) is 2.64. The van der Waals surface area contributed by atoms with Crippen molar-refractivity contribution in [3.63, 3.8) is 0 Å². The van der Waals surface area contributed by atoms with Gasteiger partial charge in [0, 0.05) is 43.0 Å². The minimum absolute atomic E-state index is 0.558. The lowest BCUT2D eigenvalue weighted by molar-refractivity contribution is -0.134. The maximum atomic E-state index is 9.55. The number of hydrogen-bond acceptors (Lipinski definition) is 4. The molecule has 2 aliphatic rings. The third kappa shape index (κ3) is 4.32. The van der Waals surface area contributed by atoms with E-state index in [1.54, 1.807) is 0 Å². The molecule has 2 aliphatic heterocycles. The number of carboxylic acids is 2. The lowest BCUT2D eigenvalue weighted by Gasteiger charge is -2.29. The van der Waals surface area contributed by atoms with Crippen molar-refractivity contribution in [1.82, 2.24) is 5.32 Å². The monoisotopic (exact) mass is 290 g/mol. The Balaban J connectivity index is 0.000000177. The fourth-order valence-electron chi connectivity index (χ4n) is 2.64. The van der Waals surface area contributed by atoms with Gasteiger partial charge in [-0.05, 0) is 18.6 Å². The Kier molecular flexibility index (Phi) is 4.94. The molecule has 0 aromatic heterocycles. The molecule has 6 heteroatoms. The molecule has 0 saturated carbocycles. The number of benzene rings is 1. The number of aliphatic carboxylic acids is 2. The van der Waals surface area contributed by atoms with Gasteiger partial charge in [-0.15, -0.1) is 0 Å². The highest BCUT2D eigenvalue weighted by molar-refractivity contribution is 5.89. The van der Waals surface area contributed by atoms with Crippen LogP contribution in [0.15, 0.2) is 42.5 Å². The lowest BCUT2D eigenvalue weighted by atomic mass is 10.2. The number of para-hydroxylation sites is 1. The number of nitrogens with one attached hydrogen (secondary N) is 1. The molecule has 0 unspecified atom stereocenters. The number of nitrogens with zero attached hydrogens (tertiary/aromatic N) is 1. The summed E-state index contributed by atoms with van der Waals surface area (Å²) in [6, 6.07) is 12.2. The summed E-state index contributed by atoms with van der Waals surface area (Å²) in [6.45, 7) is 2.36. The van der Waals surface area contributed by atoms with Crippen LogP contribution in [0.5, 0.6) is 0 Å². The van der Waals surface area contributed by atoms with Crippen molar-refractivity contribution in [2.24, 2.45) is 0 Å². The zero-order valence-electron chi connectivity index (χ0n) is 11.5.